The fraction of sp³-hybridized carbons (Fsp3) is 0. The zero-order valence-electron chi connectivity index (χ0n) is 6.70. The molecule has 0 aromatic heterocycles. The van der Waals surface area contributed by atoms with Crippen molar-refractivity contribution in [2.75, 3.05) is 5.73 Å². The van der Waals surface area contributed by atoms with Crippen LogP contribution in [0.25, 0.3) is 6.08 Å². The van der Waals surface area contributed by atoms with Gasteiger partial charge >= 0.3 is 5.97 Å². The molecule has 1 aromatic carbocycles. The predicted molar refractivity (Wildman–Crippen MR) is 52.5 cm³/mol. The highest BCUT2D eigenvalue weighted by atomic mass is 35.5. The van der Waals surface area contributed by atoms with Crippen molar-refractivity contribution in [1.29, 1.82) is 0 Å². The Balaban J connectivity index is 3.00. The van der Waals surface area contributed by atoms with Gasteiger partial charge in [0.25, 0.3) is 0 Å². The number of anilines is 1. The maximum absolute atomic E-state index is 10.2. The molecular formula is C9H8ClNO2. The highest BCUT2D eigenvalue weighted by Crippen LogP contribution is 2.19. The van der Waals surface area contributed by atoms with Crippen LogP contribution < -0.4 is 5.73 Å². The third-order valence-corrected chi connectivity index (χ3v) is 1.77. The number of benzene rings is 1. The van der Waals surface area contributed by atoms with Crippen LogP contribution in [0.4, 0.5) is 5.69 Å². The van der Waals surface area contributed by atoms with Gasteiger partial charge in [-0.1, -0.05) is 11.6 Å². The third-order valence-electron chi connectivity index (χ3n) is 1.43. The quantitative estimate of drug-likeness (QED) is 0.563. The van der Waals surface area contributed by atoms with E-state index in [-0.39, 0.29) is 0 Å². The summed E-state index contributed by atoms with van der Waals surface area (Å²) >= 11 is 5.78. The first-order valence-electron chi connectivity index (χ1n) is 3.55. The summed E-state index contributed by atoms with van der Waals surface area (Å²) in [6, 6.07) is 4.89. The number of aliphatic carboxylic acids is 1. The molecule has 3 N–H and O–H groups in total. The van der Waals surface area contributed by atoms with Gasteiger partial charge in [0, 0.05) is 16.8 Å². The lowest BCUT2D eigenvalue weighted by molar-refractivity contribution is -0.131. The van der Waals surface area contributed by atoms with Crippen molar-refractivity contribution in [3.8, 4) is 0 Å². The Bertz CT molecular complexity index is 361. The number of carboxylic acids is 1. The fourth-order valence-electron chi connectivity index (χ4n) is 0.851. The molecule has 0 fully saturated rings. The van der Waals surface area contributed by atoms with E-state index in [4.69, 9.17) is 22.4 Å². The van der Waals surface area contributed by atoms with E-state index in [9.17, 15) is 4.79 Å². The van der Waals surface area contributed by atoms with E-state index in [1.165, 1.54) is 6.08 Å². The maximum Gasteiger partial charge on any atom is 0.328 e. The Hall–Kier alpha value is -1.48. The average Bonchev–Trinajstić information content (AvgIpc) is 2.06. The fourth-order valence-corrected chi connectivity index (χ4v) is 1.03. The lowest BCUT2D eigenvalue weighted by Gasteiger charge is -1.98. The molecule has 0 spiro atoms. The zero-order chi connectivity index (χ0) is 9.84. The molecule has 1 rings (SSSR count). The Morgan fingerprint density at radius 1 is 1.54 bits per heavy atom. The van der Waals surface area contributed by atoms with Crippen molar-refractivity contribution in [1.82, 2.24) is 0 Å². The predicted octanol–water partition coefficient (Wildman–Crippen LogP) is 2.02. The minimum Gasteiger partial charge on any atom is -0.478 e. The van der Waals surface area contributed by atoms with Crippen molar-refractivity contribution in [2.45, 2.75) is 0 Å². The summed E-state index contributed by atoms with van der Waals surface area (Å²) in [7, 11) is 0. The standard InChI is InChI=1S/C9H8ClNO2/c10-8-3-2-7(11)5-6(8)1-4-9(12)13/h1-5H,11H2,(H,12,13)/b4-1+. The molecule has 0 bridgehead atoms. The zero-order valence-corrected chi connectivity index (χ0v) is 7.45. The van der Waals surface area contributed by atoms with E-state index >= 15 is 0 Å². The summed E-state index contributed by atoms with van der Waals surface area (Å²) in [4.78, 5) is 10.2. The second kappa shape index (κ2) is 3.96. The van der Waals surface area contributed by atoms with Gasteiger partial charge in [0.2, 0.25) is 0 Å². The van der Waals surface area contributed by atoms with Crippen LogP contribution >= 0.6 is 11.6 Å². The van der Waals surface area contributed by atoms with E-state index in [1.54, 1.807) is 18.2 Å². The van der Waals surface area contributed by atoms with Crippen LogP contribution in [0.2, 0.25) is 5.02 Å². The molecule has 13 heavy (non-hydrogen) atoms. The molecule has 0 aliphatic rings. The molecule has 3 nitrogen and oxygen atoms in total. The topological polar surface area (TPSA) is 63.3 Å². The molecule has 0 amide bonds. The van der Waals surface area contributed by atoms with E-state index < -0.39 is 5.97 Å². The molecule has 0 saturated heterocycles. The molecular weight excluding hydrogens is 190 g/mol. The van der Waals surface area contributed by atoms with Gasteiger partial charge in [-0.3, -0.25) is 0 Å². The summed E-state index contributed by atoms with van der Waals surface area (Å²) in [5.74, 6) is -1.02. The molecule has 1 aromatic rings. The van der Waals surface area contributed by atoms with Gasteiger partial charge in [-0.25, -0.2) is 4.79 Å². The van der Waals surface area contributed by atoms with Gasteiger partial charge in [-0.05, 0) is 29.8 Å². The first-order valence-corrected chi connectivity index (χ1v) is 3.93. The minimum absolute atomic E-state index is 0.478. The molecule has 0 aliphatic heterocycles. The number of nitrogen functional groups attached to an aromatic ring is 1. The summed E-state index contributed by atoms with van der Waals surface area (Å²) < 4.78 is 0. The first kappa shape index (κ1) is 9.61. The lowest BCUT2D eigenvalue weighted by Crippen LogP contribution is -1.88. The van der Waals surface area contributed by atoms with E-state index in [1.807, 2.05) is 0 Å². The Labute approximate surface area is 80.4 Å². The molecule has 68 valence electrons. The smallest absolute Gasteiger partial charge is 0.328 e. The molecule has 0 aliphatic carbocycles. The Morgan fingerprint density at radius 2 is 2.23 bits per heavy atom. The Morgan fingerprint density at radius 3 is 2.85 bits per heavy atom. The number of hydrogen-bond donors (Lipinski definition) is 2. The maximum atomic E-state index is 10.2. The summed E-state index contributed by atoms with van der Waals surface area (Å²) in [6.07, 6.45) is 2.42. The SMILES string of the molecule is Nc1ccc(Cl)c(/C=C/C(=O)O)c1. The lowest BCUT2D eigenvalue weighted by atomic mass is 10.2. The van der Waals surface area contributed by atoms with E-state index in [0.717, 1.165) is 6.08 Å². The van der Waals surface area contributed by atoms with Crippen LogP contribution in [-0.2, 0) is 4.79 Å². The molecule has 0 unspecified atom stereocenters. The van der Waals surface area contributed by atoms with Crippen molar-refractivity contribution < 1.29 is 9.90 Å². The third kappa shape index (κ3) is 2.80. The number of halogens is 1. The van der Waals surface area contributed by atoms with Crippen LogP contribution in [0.3, 0.4) is 0 Å². The molecule has 4 heteroatoms. The van der Waals surface area contributed by atoms with Gasteiger partial charge < -0.3 is 10.8 Å². The Kier molecular flexibility index (Phi) is 2.93. The monoisotopic (exact) mass is 197 g/mol. The summed E-state index contributed by atoms with van der Waals surface area (Å²) in [5, 5.41) is 8.85. The largest absolute Gasteiger partial charge is 0.478 e. The number of nitrogens with two attached hydrogens (primary N) is 1. The van der Waals surface area contributed by atoms with Crippen LogP contribution in [0.5, 0.6) is 0 Å². The summed E-state index contributed by atoms with van der Waals surface area (Å²) in [5.41, 5.74) is 6.65. The van der Waals surface area contributed by atoms with Crippen molar-refractivity contribution in [3.05, 3.63) is 34.9 Å². The van der Waals surface area contributed by atoms with Gasteiger partial charge in [-0.2, -0.15) is 0 Å². The van der Waals surface area contributed by atoms with Crippen molar-refractivity contribution >= 4 is 29.3 Å². The van der Waals surface area contributed by atoms with E-state index in [0.29, 0.717) is 16.3 Å². The van der Waals surface area contributed by atoms with Crippen molar-refractivity contribution in [2.24, 2.45) is 0 Å². The highest BCUT2D eigenvalue weighted by molar-refractivity contribution is 6.32. The molecule has 0 atom stereocenters. The second-order valence-electron chi connectivity index (χ2n) is 2.45. The van der Waals surface area contributed by atoms with Gasteiger partial charge in [0.1, 0.15) is 0 Å². The number of rotatable bonds is 2. The van der Waals surface area contributed by atoms with Crippen LogP contribution in [0.15, 0.2) is 24.3 Å². The highest BCUT2D eigenvalue weighted by Gasteiger charge is 1.97. The van der Waals surface area contributed by atoms with Gasteiger partial charge in [0.05, 0.1) is 0 Å². The summed E-state index contributed by atoms with van der Waals surface area (Å²) in [6.45, 7) is 0. The van der Waals surface area contributed by atoms with Crippen molar-refractivity contribution in [3.63, 3.8) is 0 Å². The average molecular weight is 198 g/mol. The molecule has 0 radical (unpaired) electrons. The second-order valence-corrected chi connectivity index (χ2v) is 2.86. The van der Waals surface area contributed by atoms with Crippen LogP contribution in [0.1, 0.15) is 5.56 Å². The van der Waals surface area contributed by atoms with Gasteiger partial charge in [-0.15, -0.1) is 0 Å². The first-order chi connectivity index (χ1) is 6.09. The molecule has 0 saturated carbocycles. The van der Waals surface area contributed by atoms with Crippen LogP contribution in [0, 0.1) is 0 Å². The van der Waals surface area contributed by atoms with Gasteiger partial charge in [0.15, 0.2) is 0 Å². The number of carboxylic acid groups (broad SMARTS) is 1. The van der Waals surface area contributed by atoms with E-state index in [2.05, 4.69) is 0 Å². The van der Waals surface area contributed by atoms with Crippen LogP contribution in [-0.4, -0.2) is 11.1 Å². The number of carbonyl (C=O) groups is 1. The number of hydrogen-bond acceptors (Lipinski definition) is 2. The minimum atomic E-state index is -1.02. The molecule has 0 heterocycles. The normalized spacial score (nSPS) is 10.5.